The highest BCUT2D eigenvalue weighted by Crippen LogP contribution is 2.18. The van der Waals surface area contributed by atoms with Gasteiger partial charge in [0, 0.05) is 30.0 Å². The van der Waals surface area contributed by atoms with Crippen molar-refractivity contribution < 1.29 is 19.7 Å². The largest absolute Gasteiger partial charge is 0.493 e. The summed E-state index contributed by atoms with van der Waals surface area (Å²) in [5.74, 6) is 1.52. The molecule has 0 spiro atoms. The summed E-state index contributed by atoms with van der Waals surface area (Å²) in [7, 11) is 0. The maximum absolute atomic E-state index is 8.81. The molecule has 6 nitrogen and oxygen atoms in total. The molecular formula is C21H26N2O4. The van der Waals surface area contributed by atoms with Crippen LogP contribution in [0.15, 0.2) is 58.5 Å². The Balaban J connectivity index is 1.80. The Labute approximate surface area is 159 Å². The van der Waals surface area contributed by atoms with Crippen LogP contribution in [0.2, 0.25) is 0 Å². The van der Waals surface area contributed by atoms with E-state index in [1.165, 1.54) is 0 Å². The molecule has 2 rings (SSSR count). The first-order valence-electron chi connectivity index (χ1n) is 9.00. The Kier molecular flexibility index (Phi) is 9.63. The van der Waals surface area contributed by atoms with Crippen LogP contribution in [0.25, 0.3) is 0 Å². The number of rotatable bonds is 12. The van der Waals surface area contributed by atoms with E-state index in [4.69, 9.17) is 19.7 Å². The summed E-state index contributed by atoms with van der Waals surface area (Å²) in [5, 5.41) is 17.6. The van der Waals surface area contributed by atoms with E-state index in [1.54, 1.807) is 12.4 Å². The molecule has 2 aromatic carbocycles. The summed E-state index contributed by atoms with van der Waals surface area (Å²) in [6, 6.07) is 15.3. The zero-order valence-electron chi connectivity index (χ0n) is 15.3. The van der Waals surface area contributed by atoms with E-state index in [0.717, 1.165) is 29.0 Å². The topological polar surface area (TPSA) is 83.6 Å². The summed E-state index contributed by atoms with van der Waals surface area (Å²) in [4.78, 5) is 8.27. The van der Waals surface area contributed by atoms with Gasteiger partial charge in [0.05, 0.1) is 39.5 Å². The average Bonchev–Trinajstić information content (AvgIpc) is 2.70. The normalized spacial score (nSPS) is 11.3. The summed E-state index contributed by atoms with van der Waals surface area (Å²) in [5.41, 5.74) is 1.77. The van der Waals surface area contributed by atoms with Crippen LogP contribution >= 0.6 is 0 Å². The van der Waals surface area contributed by atoms with Crippen LogP contribution in [0, 0.1) is 0 Å². The second-order valence-corrected chi connectivity index (χ2v) is 5.64. The molecule has 0 saturated carbocycles. The highest BCUT2D eigenvalue weighted by atomic mass is 16.5. The molecule has 0 amide bonds. The van der Waals surface area contributed by atoms with Crippen molar-refractivity contribution >= 4 is 12.4 Å². The molecule has 0 radical (unpaired) electrons. The fraction of sp³-hybridized carbons (Fsp3) is 0.333. The van der Waals surface area contributed by atoms with E-state index in [2.05, 4.69) is 9.98 Å². The van der Waals surface area contributed by atoms with E-state index in [9.17, 15) is 0 Å². The number of nitrogens with zero attached hydrogens (tertiary/aromatic N) is 2. The first-order chi connectivity index (χ1) is 13.3. The number of aliphatic hydroxyl groups excluding tert-OH is 2. The molecule has 0 aliphatic rings. The zero-order valence-corrected chi connectivity index (χ0v) is 15.3. The maximum atomic E-state index is 8.81. The molecule has 2 N–H and O–H groups in total. The molecule has 0 unspecified atom stereocenters. The predicted molar refractivity (Wildman–Crippen MR) is 108 cm³/mol. The Morgan fingerprint density at radius 1 is 0.704 bits per heavy atom. The minimum absolute atomic E-state index is 0.0308. The summed E-state index contributed by atoms with van der Waals surface area (Å²) in [6.45, 7) is 1.86. The first kappa shape index (κ1) is 20.6. The predicted octanol–water partition coefficient (Wildman–Crippen LogP) is 2.36. The molecule has 0 atom stereocenters. The highest BCUT2D eigenvalue weighted by Gasteiger charge is 2.02. The first-order valence-corrected chi connectivity index (χ1v) is 9.00. The van der Waals surface area contributed by atoms with Crippen molar-refractivity contribution in [3.63, 3.8) is 0 Å². The van der Waals surface area contributed by atoms with Crippen molar-refractivity contribution in [1.82, 2.24) is 0 Å². The van der Waals surface area contributed by atoms with Gasteiger partial charge in [-0.2, -0.15) is 0 Å². The molecule has 0 heterocycles. The van der Waals surface area contributed by atoms with Gasteiger partial charge in [0.25, 0.3) is 0 Å². The van der Waals surface area contributed by atoms with Crippen LogP contribution in [0.1, 0.15) is 17.5 Å². The van der Waals surface area contributed by atoms with Gasteiger partial charge in [-0.05, 0) is 24.3 Å². The molecule has 0 bridgehead atoms. The Morgan fingerprint density at radius 3 is 1.59 bits per heavy atom. The van der Waals surface area contributed by atoms with E-state index in [-0.39, 0.29) is 13.2 Å². The number of aliphatic imine (C=N–C) groups is 2. The third kappa shape index (κ3) is 7.60. The molecule has 2 aromatic rings. The number of aliphatic hydroxyl groups is 2. The van der Waals surface area contributed by atoms with Crippen molar-refractivity contribution in [3.8, 4) is 11.5 Å². The van der Waals surface area contributed by atoms with Gasteiger partial charge in [-0.3, -0.25) is 9.98 Å². The fourth-order valence-corrected chi connectivity index (χ4v) is 2.30. The van der Waals surface area contributed by atoms with Crippen molar-refractivity contribution in [1.29, 1.82) is 0 Å². The van der Waals surface area contributed by atoms with Gasteiger partial charge >= 0.3 is 0 Å². The minimum atomic E-state index is 0.0308. The van der Waals surface area contributed by atoms with Crippen LogP contribution in [0.4, 0.5) is 0 Å². The number of hydrogen-bond donors (Lipinski definition) is 2. The van der Waals surface area contributed by atoms with E-state index >= 15 is 0 Å². The van der Waals surface area contributed by atoms with Crippen molar-refractivity contribution in [2.24, 2.45) is 9.98 Å². The number of hydrogen-bond acceptors (Lipinski definition) is 6. The standard InChI is InChI=1S/C21H26N2O4/c24-12-10-22-16-18-6-1-3-8-20(18)26-14-5-15-27-21-9-4-2-7-19(21)17-23-11-13-25/h1-4,6-9,16-17,24-25H,5,10-15H2. The van der Waals surface area contributed by atoms with Gasteiger partial charge in [-0.1, -0.05) is 24.3 Å². The lowest BCUT2D eigenvalue weighted by Crippen LogP contribution is -2.07. The van der Waals surface area contributed by atoms with Crippen LogP contribution in [-0.4, -0.2) is 62.2 Å². The zero-order chi connectivity index (χ0) is 19.2. The maximum Gasteiger partial charge on any atom is 0.128 e. The lowest BCUT2D eigenvalue weighted by Gasteiger charge is -2.11. The number of ether oxygens (including phenoxy) is 2. The van der Waals surface area contributed by atoms with Crippen molar-refractivity contribution in [3.05, 3.63) is 59.7 Å². The SMILES string of the molecule is OCCN=Cc1ccccc1OCCCOc1ccccc1C=NCCO. The monoisotopic (exact) mass is 370 g/mol. The lowest BCUT2D eigenvalue weighted by molar-refractivity contribution is 0.247. The molecule has 0 saturated heterocycles. The summed E-state index contributed by atoms with van der Waals surface area (Å²) in [6.07, 6.45) is 4.15. The lowest BCUT2D eigenvalue weighted by atomic mass is 10.2. The Hall–Kier alpha value is -2.70. The average molecular weight is 370 g/mol. The van der Waals surface area contributed by atoms with Crippen LogP contribution in [0.5, 0.6) is 11.5 Å². The van der Waals surface area contributed by atoms with Crippen molar-refractivity contribution in [2.45, 2.75) is 6.42 Å². The van der Waals surface area contributed by atoms with Gasteiger partial charge < -0.3 is 19.7 Å². The molecule has 0 aliphatic carbocycles. The molecule has 27 heavy (non-hydrogen) atoms. The fourth-order valence-electron chi connectivity index (χ4n) is 2.30. The molecule has 0 aliphatic heterocycles. The molecule has 144 valence electrons. The van der Waals surface area contributed by atoms with Crippen LogP contribution in [0.3, 0.4) is 0 Å². The van der Waals surface area contributed by atoms with Gasteiger partial charge in [0.2, 0.25) is 0 Å². The van der Waals surface area contributed by atoms with Crippen molar-refractivity contribution in [2.75, 3.05) is 39.5 Å². The van der Waals surface area contributed by atoms with Crippen LogP contribution < -0.4 is 9.47 Å². The summed E-state index contributed by atoms with van der Waals surface area (Å²) < 4.78 is 11.7. The summed E-state index contributed by atoms with van der Waals surface area (Å²) >= 11 is 0. The number of benzene rings is 2. The van der Waals surface area contributed by atoms with E-state index in [1.807, 2.05) is 48.5 Å². The number of para-hydroxylation sites is 2. The highest BCUT2D eigenvalue weighted by molar-refractivity contribution is 5.84. The Morgan fingerprint density at radius 2 is 1.15 bits per heavy atom. The van der Waals surface area contributed by atoms with E-state index < -0.39 is 0 Å². The third-order valence-electron chi connectivity index (χ3n) is 3.56. The quantitative estimate of drug-likeness (QED) is 0.444. The van der Waals surface area contributed by atoms with Gasteiger partial charge in [-0.15, -0.1) is 0 Å². The van der Waals surface area contributed by atoms with E-state index in [0.29, 0.717) is 26.3 Å². The van der Waals surface area contributed by atoms with Gasteiger partial charge in [-0.25, -0.2) is 0 Å². The second kappa shape index (κ2) is 12.6. The molecule has 0 fully saturated rings. The van der Waals surface area contributed by atoms with Gasteiger partial charge in [0.15, 0.2) is 0 Å². The minimum Gasteiger partial charge on any atom is -0.493 e. The smallest absolute Gasteiger partial charge is 0.128 e. The van der Waals surface area contributed by atoms with Gasteiger partial charge in [0.1, 0.15) is 11.5 Å². The third-order valence-corrected chi connectivity index (χ3v) is 3.56. The van der Waals surface area contributed by atoms with Crippen LogP contribution in [-0.2, 0) is 0 Å². The second-order valence-electron chi connectivity index (χ2n) is 5.64. The molecular weight excluding hydrogens is 344 g/mol. The molecule has 6 heteroatoms. The molecule has 0 aromatic heterocycles. The Bertz CT molecular complexity index is 670.